The Morgan fingerprint density at radius 3 is 2.62 bits per heavy atom. The maximum atomic E-state index is 13.0. The van der Waals surface area contributed by atoms with Gasteiger partial charge in [0.25, 0.3) is 5.71 Å². The lowest BCUT2D eigenvalue weighted by Gasteiger charge is -2.14. The number of esters is 1. The summed E-state index contributed by atoms with van der Waals surface area (Å²) >= 11 is 3.45. The SMILES string of the molecule is C=CCN1C(=O)\C(=[N+]([O-])/C=C/C(=C\c2ccc(C)cc2)C(=O)OCC)c2cccc(Br)c21. The van der Waals surface area contributed by atoms with Gasteiger partial charge in [-0.25, -0.2) is 4.79 Å². The minimum absolute atomic E-state index is 0.0297. The largest absolute Gasteiger partial charge is 0.618 e. The van der Waals surface area contributed by atoms with Crippen LogP contribution in [-0.2, 0) is 14.3 Å². The second-order valence-electron chi connectivity index (χ2n) is 7.06. The van der Waals surface area contributed by atoms with E-state index < -0.39 is 11.9 Å². The molecular weight excluding hydrogens is 472 g/mol. The molecule has 6 nitrogen and oxygen atoms in total. The molecule has 0 N–H and O–H groups in total. The van der Waals surface area contributed by atoms with Crippen molar-refractivity contribution < 1.29 is 19.1 Å². The zero-order chi connectivity index (χ0) is 23.3. The van der Waals surface area contributed by atoms with Crippen molar-refractivity contribution >= 4 is 45.3 Å². The van der Waals surface area contributed by atoms with E-state index in [0.717, 1.165) is 17.3 Å². The first-order valence-electron chi connectivity index (χ1n) is 10.1. The topological polar surface area (TPSA) is 72.7 Å². The Morgan fingerprint density at radius 2 is 1.97 bits per heavy atom. The Labute approximate surface area is 195 Å². The van der Waals surface area contributed by atoms with Gasteiger partial charge in [-0.05, 0) is 53.5 Å². The van der Waals surface area contributed by atoms with Gasteiger partial charge in [-0.1, -0.05) is 42.0 Å². The van der Waals surface area contributed by atoms with Gasteiger partial charge in [-0.2, -0.15) is 4.74 Å². The zero-order valence-corrected chi connectivity index (χ0v) is 19.5. The molecule has 0 unspecified atom stereocenters. The number of hydrogen-bond donors (Lipinski definition) is 0. The van der Waals surface area contributed by atoms with Gasteiger partial charge < -0.3 is 9.94 Å². The monoisotopic (exact) mass is 494 g/mol. The second kappa shape index (κ2) is 10.2. The Kier molecular flexibility index (Phi) is 7.43. The molecule has 1 heterocycles. The van der Waals surface area contributed by atoms with Crippen molar-refractivity contribution in [1.82, 2.24) is 0 Å². The van der Waals surface area contributed by atoms with Crippen LogP contribution in [0.2, 0.25) is 0 Å². The van der Waals surface area contributed by atoms with Crippen LogP contribution >= 0.6 is 15.9 Å². The van der Waals surface area contributed by atoms with Crippen molar-refractivity contribution in [3.05, 3.63) is 99.3 Å². The third kappa shape index (κ3) is 4.89. The zero-order valence-electron chi connectivity index (χ0n) is 17.9. The number of hydroxylamine groups is 1. The number of amides is 1. The minimum atomic E-state index is -0.558. The molecule has 0 aromatic heterocycles. The first kappa shape index (κ1) is 23.2. The maximum absolute atomic E-state index is 13.0. The standard InChI is InChI=1S/C25H23BrN2O4/c1-4-14-27-22-20(7-6-8-21(22)26)23(24(27)29)28(31)15-13-19(25(30)32-5-2)16-18-11-9-17(3)10-12-18/h4,6-13,15-16H,1,5,14H2,2-3H3/b15-13+,19-16+,28-23+. The number of anilines is 1. The van der Waals surface area contributed by atoms with E-state index in [4.69, 9.17) is 4.74 Å². The highest BCUT2D eigenvalue weighted by atomic mass is 79.9. The third-order valence-corrected chi connectivity index (χ3v) is 5.43. The number of halogens is 1. The first-order valence-corrected chi connectivity index (χ1v) is 10.8. The van der Waals surface area contributed by atoms with Crippen molar-refractivity contribution in [2.75, 3.05) is 18.1 Å². The van der Waals surface area contributed by atoms with Gasteiger partial charge in [0.2, 0.25) is 0 Å². The number of nitrogens with zero attached hydrogens (tertiary/aromatic N) is 2. The van der Waals surface area contributed by atoms with Gasteiger partial charge in [-0.3, -0.25) is 9.69 Å². The molecule has 0 aliphatic carbocycles. The fraction of sp³-hybridized carbons (Fsp3) is 0.160. The first-order chi connectivity index (χ1) is 15.4. The molecule has 7 heteroatoms. The lowest BCUT2D eigenvalue weighted by molar-refractivity contribution is -0.376. The molecule has 0 fully saturated rings. The Hall–Kier alpha value is -3.45. The van der Waals surface area contributed by atoms with E-state index in [2.05, 4.69) is 22.5 Å². The van der Waals surface area contributed by atoms with Crippen LogP contribution in [0.4, 0.5) is 5.69 Å². The summed E-state index contributed by atoms with van der Waals surface area (Å²) in [5, 5.41) is 13.0. The number of carbonyl (C=O) groups is 2. The number of benzene rings is 2. The predicted octanol–water partition coefficient (Wildman–Crippen LogP) is 4.75. The van der Waals surface area contributed by atoms with Gasteiger partial charge in [-0.15, -0.1) is 6.58 Å². The molecule has 1 aliphatic rings. The van der Waals surface area contributed by atoms with Crippen molar-refractivity contribution in [3.63, 3.8) is 0 Å². The van der Waals surface area contributed by atoms with Crippen LogP contribution in [0.3, 0.4) is 0 Å². The number of ether oxygens (including phenoxy) is 1. The fourth-order valence-electron chi connectivity index (χ4n) is 3.30. The summed E-state index contributed by atoms with van der Waals surface area (Å²) in [5.74, 6) is -0.997. The highest BCUT2D eigenvalue weighted by Crippen LogP contribution is 2.36. The summed E-state index contributed by atoms with van der Waals surface area (Å²) in [6.07, 6.45) is 5.75. The van der Waals surface area contributed by atoms with E-state index in [9.17, 15) is 14.8 Å². The number of aryl methyl sites for hydroxylation is 1. The lowest BCUT2D eigenvalue weighted by Crippen LogP contribution is -2.32. The van der Waals surface area contributed by atoms with E-state index in [1.807, 2.05) is 31.2 Å². The highest BCUT2D eigenvalue weighted by molar-refractivity contribution is 9.10. The minimum Gasteiger partial charge on any atom is -0.618 e. The van der Waals surface area contributed by atoms with E-state index >= 15 is 0 Å². The van der Waals surface area contributed by atoms with Crippen LogP contribution < -0.4 is 4.90 Å². The fourth-order valence-corrected chi connectivity index (χ4v) is 3.88. The molecular formula is C25H23BrN2O4. The highest BCUT2D eigenvalue weighted by Gasteiger charge is 2.40. The van der Waals surface area contributed by atoms with Gasteiger partial charge in [0.15, 0.2) is 6.20 Å². The molecule has 0 atom stereocenters. The summed E-state index contributed by atoms with van der Waals surface area (Å²) in [4.78, 5) is 26.9. The van der Waals surface area contributed by atoms with Crippen LogP contribution in [0.5, 0.6) is 0 Å². The Bertz CT molecular complexity index is 1150. The molecule has 0 radical (unpaired) electrons. The third-order valence-electron chi connectivity index (χ3n) is 4.79. The molecule has 32 heavy (non-hydrogen) atoms. The molecule has 1 aliphatic heterocycles. The van der Waals surface area contributed by atoms with E-state index in [1.54, 1.807) is 37.3 Å². The average Bonchev–Trinajstić information content (AvgIpc) is 3.05. The van der Waals surface area contributed by atoms with Crippen LogP contribution in [0, 0.1) is 12.1 Å². The van der Waals surface area contributed by atoms with E-state index in [-0.39, 0.29) is 24.4 Å². The van der Waals surface area contributed by atoms with Crippen LogP contribution in [0.25, 0.3) is 6.08 Å². The normalized spacial score (nSPS) is 15.2. The van der Waals surface area contributed by atoms with Crippen LogP contribution in [0.1, 0.15) is 23.6 Å². The summed E-state index contributed by atoms with van der Waals surface area (Å²) in [6.45, 7) is 7.83. The summed E-state index contributed by atoms with van der Waals surface area (Å²) in [7, 11) is 0. The van der Waals surface area contributed by atoms with Crippen LogP contribution in [-0.4, -0.2) is 35.5 Å². The number of carbonyl (C=O) groups excluding carboxylic acids is 2. The van der Waals surface area contributed by atoms with Crippen LogP contribution in [0.15, 0.2) is 77.4 Å². The molecule has 0 saturated carbocycles. The molecule has 0 saturated heterocycles. The van der Waals surface area contributed by atoms with E-state index in [1.165, 1.54) is 11.0 Å². The lowest BCUT2D eigenvalue weighted by atomic mass is 10.1. The van der Waals surface area contributed by atoms with Crippen molar-refractivity contribution in [2.45, 2.75) is 13.8 Å². The predicted molar refractivity (Wildman–Crippen MR) is 129 cm³/mol. The average molecular weight is 495 g/mol. The Balaban J connectivity index is 2.04. The smallest absolute Gasteiger partial charge is 0.338 e. The maximum Gasteiger partial charge on any atom is 0.338 e. The van der Waals surface area contributed by atoms with Gasteiger partial charge in [0.1, 0.15) is 0 Å². The summed E-state index contributed by atoms with van der Waals surface area (Å²) in [6, 6.07) is 12.9. The summed E-state index contributed by atoms with van der Waals surface area (Å²) in [5.41, 5.74) is 3.16. The molecule has 164 valence electrons. The quantitative estimate of drug-likeness (QED) is 0.106. The van der Waals surface area contributed by atoms with Gasteiger partial charge in [0, 0.05) is 17.1 Å². The van der Waals surface area contributed by atoms with Gasteiger partial charge >= 0.3 is 11.9 Å². The molecule has 0 bridgehead atoms. The number of fused-ring (bicyclic) bond motifs is 1. The Morgan fingerprint density at radius 1 is 1.25 bits per heavy atom. The molecule has 2 aromatic rings. The molecule has 2 aromatic carbocycles. The van der Waals surface area contributed by atoms with E-state index in [0.29, 0.717) is 20.5 Å². The van der Waals surface area contributed by atoms with Crippen molar-refractivity contribution in [3.8, 4) is 0 Å². The molecule has 3 rings (SSSR count). The second-order valence-corrected chi connectivity index (χ2v) is 7.92. The van der Waals surface area contributed by atoms with Crippen molar-refractivity contribution in [1.29, 1.82) is 0 Å². The molecule has 0 spiro atoms. The number of rotatable bonds is 7. The van der Waals surface area contributed by atoms with Crippen molar-refractivity contribution in [2.24, 2.45) is 0 Å². The number of para-hydroxylation sites is 1. The van der Waals surface area contributed by atoms with Gasteiger partial charge in [0.05, 0.1) is 23.4 Å². The molecule has 1 amide bonds. The number of hydrogen-bond acceptors (Lipinski definition) is 4. The summed E-state index contributed by atoms with van der Waals surface area (Å²) < 4.78 is 6.30.